The van der Waals surface area contributed by atoms with E-state index in [9.17, 15) is 9.18 Å². The molecule has 0 aliphatic heterocycles. The van der Waals surface area contributed by atoms with Crippen LogP contribution in [0.5, 0.6) is 0 Å². The third kappa shape index (κ3) is 3.20. The number of rotatable bonds is 5. The highest BCUT2D eigenvalue weighted by Gasteiger charge is 2.32. The highest BCUT2D eigenvalue weighted by Crippen LogP contribution is 2.34. The van der Waals surface area contributed by atoms with Gasteiger partial charge < -0.3 is 5.32 Å². The van der Waals surface area contributed by atoms with Crippen molar-refractivity contribution >= 4 is 5.91 Å². The molecule has 0 bridgehead atoms. The molecule has 3 nitrogen and oxygen atoms in total. The molecule has 2 atom stereocenters. The average molecular weight is 324 g/mol. The summed E-state index contributed by atoms with van der Waals surface area (Å²) in [5, 5.41) is 6.60. The minimum Gasteiger partial charge on any atom is -0.352 e. The van der Waals surface area contributed by atoms with Gasteiger partial charge in [-0.3, -0.25) is 10.1 Å². The van der Waals surface area contributed by atoms with E-state index in [0.29, 0.717) is 6.04 Å². The summed E-state index contributed by atoms with van der Waals surface area (Å²) in [7, 11) is 0. The molecule has 1 saturated carbocycles. The molecular formula is C20H21FN2O. The number of carbonyl (C=O) groups is 1. The second-order valence-electron chi connectivity index (χ2n) is 6.73. The maximum absolute atomic E-state index is 13.4. The summed E-state index contributed by atoms with van der Waals surface area (Å²) in [6.07, 6.45) is 3.87. The van der Waals surface area contributed by atoms with Gasteiger partial charge in [0.05, 0.1) is 0 Å². The second kappa shape index (κ2) is 6.36. The molecule has 4 rings (SSSR count). The van der Waals surface area contributed by atoms with Gasteiger partial charge in [-0.1, -0.05) is 36.4 Å². The Morgan fingerprint density at radius 1 is 1.08 bits per heavy atom. The Bertz CT molecular complexity index is 743. The standard InChI is InChI=1S/C20H21FN2O/c21-15-7-10-17-14(12-15)6-11-18(17)23-19(13-4-2-1-3-5-13)20(24)22-16-8-9-16/h1-5,7,10,12,16,18-19,23H,6,8-9,11H2,(H,22,24)/t18-,19-/m0/s1. The van der Waals surface area contributed by atoms with Gasteiger partial charge in [-0.05, 0) is 54.5 Å². The Labute approximate surface area is 141 Å². The van der Waals surface area contributed by atoms with Gasteiger partial charge in [-0.15, -0.1) is 0 Å². The maximum atomic E-state index is 13.4. The van der Waals surface area contributed by atoms with Crippen LogP contribution in [-0.4, -0.2) is 11.9 Å². The summed E-state index contributed by atoms with van der Waals surface area (Å²) in [5.74, 6) is -0.167. The van der Waals surface area contributed by atoms with Crippen molar-refractivity contribution in [1.29, 1.82) is 0 Å². The molecule has 0 spiro atoms. The number of hydrogen-bond acceptors (Lipinski definition) is 2. The molecule has 0 unspecified atom stereocenters. The van der Waals surface area contributed by atoms with E-state index in [2.05, 4.69) is 10.6 Å². The SMILES string of the molecule is O=C(NC1CC1)[C@@H](N[C@H]1CCc2cc(F)ccc21)c1ccccc1. The minimum absolute atomic E-state index is 0.0271. The fourth-order valence-corrected chi connectivity index (χ4v) is 3.44. The second-order valence-corrected chi connectivity index (χ2v) is 6.73. The van der Waals surface area contributed by atoms with Gasteiger partial charge in [0.1, 0.15) is 11.9 Å². The first-order valence-corrected chi connectivity index (χ1v) is 8.60. The van der Waals surface area contributed by atoms with Gasteiger partial charge in [0, 0.05) is 12.1 Å². The van der Waals surface area contributed by atoms with Gasteiger partial charge in [0.15, 0.2) is 0 Å². The Balaban J connectivity index is 1.57. The number of aryl methyl sites for hydroxylation is 1. The summed E-state index contributed by atoms with van der Waals surface area (Å²) in [6, 6.07) is 14.8. The summed E-state index contributed by atoms with van der Waals surface area (Å²) < 4.78 is 13.4. The summed E-state index contributed by atoms with van der Waals surface area (Å²) in [6.45, 7) is 0. The van der Waals surface area contributed by atoms with Crippen LogP contribution in [0.3, 0.4) is 0 Å². The lowest BCUT2D eigenvalue weighted by Gasteiger charge is -2.23. The third-order valence-electron chi connectivity index (χ3n) is 4.87. The zero-order chi connectivity index (χ0) is 16.5. The minimum atomic E-state index is -0.382. The van der Waals surface area contributed by atoms with E-state index in [1.54, 1.807) is 6.07 Å². The number of fused-ring (bicyclic) bond motifs is 1. The summed E-state index contributed by atoms with van der Waals surface area (Å²) >= 11 is 0. The monoisotopic (exact) mass is 324 g/mol. The van der Waals surface area contributed by atoms with Crippen molar-refractivity contribution in [2.45, 2.75) is 43.8 Å². The predicted molar refractivity (Wildman–Crippen MR) is 90.9 cm³/mol. The van der Waals surface area contributed by atoms with E-state index in [0.717, 1.165) is 42.4 Å². The molecule has 1 fully saturated rings. The molecule has 0 heterocycles. The van der Waals surface area contributed by atoms with Crippen molar-refractivity contribution in [3.05, 3.63) is 71.0 Å². The van der Waals surface area contributed by atoms with Crippen LogP contribution in [0.1, 0.15) is 48.0 Å². The zero-order valence-corrected chi connectivity index (χ0v) is 13.5. The maximum Gasteiger partial charge on any atom is 0.241 e. The molecule has 2 N–H and O–H groups in total. The zero-order valence-electron chi connectivity index (χ0n) is 13.5. The molecule has 24 heavy (non-hydrogen) atoms. The molecule has 124 valence electrons. The predicted octanol–water partition coefficient (Wildman–Crippen LogP) is 3.42. The van der Waals surface area contributed by atoms with E-state index in [4.69, 9.17) is 0 Å². The highest BCUT2D eigenvalue weighted by atomic mass is 19.1. The number of benzene rings is 2. The van der Waals surface area contributed by atoms with Gasteiger partial charge in [-0.2, -0.15) is 0 Å². The van der Waals surface area contributed by atoms with Gasteiger partial charge in [0.2, 0.25) is 5.91 Å². The number of hydrogen-bond donors (Lipinski definition) is 2. The van der Waals surface area contributed by atoms with Gasteiger partial charge in [0.25, 0.3) is 0 Å². The van der Waals surface area contributed by atoms with E-state index in [1.165, 1.54) is 6.07 Å². The van der Waals surface area contributed by atoms with Crippen LogP contribution in [0, 0.1) is 5.82 Å². The van der Waals surface area contributed by atoms with Crippen molar-refractivity contribution in [3.8, 4) is 0 Å². The Morgan fingerprint density at radius 3 is 2.62 bits per heavy atom. The summed E-state index contributed by atoms with van der Waals surface area (Å²) in [4.78, 5) is 12.7. The molecule has 2 aromatic rings. The number of amides is 1. The smallest absolute Gasteiger partial charge is 0.241 e. The Morgan fingerprint density at radius 2 is 1.88 bits per heavy atom. The highest BCUT2D eigenvalue weighted by molar-refractivity contribution is 5.83. The normalized spacial score (nSPS) is 20.5. The lowest BCUT2D eigenvalue weighted by atomic mass is 10.0. The fourth-order valence-electron chi connectivity index (χ4n) is 3.44. The third-order valence-corrected chi connectivity index (χ3v) is 4.87. The Hall–Kier alpha value is -2.20. The topological polar surface area (TPSA) is 41.1 Å². The molecule has 4 heteroatoms. The molecule has 0 radical (unpaired) electrons. The molecule has 0 aromatic heterocycles. The largest absolute Gasteiger partial charge is 0.352 e. The first-order valence-electron chi connectivity index (χ1n) is 8.60. The van der Waals surface area contributed by atoms with Crippen molar-refractivity contribution in [3.63, 3.8) is 0 Å². The van der Waals surface area contributed by atoms with Crippen LogP contribution in [0.2, 0.25) is 0 Å². The van der Waals surface area contributed by atoms with E-state index >= 15 is 0 Å². The first-order chi connectivity index (χ1) is 11.7. The van der Waals surface area contributed by atoms with Crippen LogP contribution >= 0.6 is 0 Å². The number of nitrogens with one attached hydrogen (secondary N) is 2. The molecule has 0 saturated heterocycles. The molecule has 2 aliphatic rings. The first kappa shape index (κ1) is 15.3. The van der Waals surface area contributed by atoms with E-state index < -0.39 is 0 Å². The van der Waals surface area contributed by atoms with Gasteiger partial charge >= 0.3 is 0 Å². The molecule has 2 aromatic carbocycles. The fraction of sp³-hybridized carbons (Fsp3) is 0.350. The molecule has 2 aliphatic carbocycles. The number of carbonyl (C=O) groups excluding carboxylic acids is 1. The van der Waals surface area contributed by atoms with Crippen molar-refractivity contribution in [2.24, 2.45) is 0 Å². The molecular weight excluding hydrogens is 303 g/mol. The van der Waals surface area contributed by atoms with Gasteiger partial charge in [-0.25, -0.2) is 4.39 Å². The van der Waals surface area contributed by atoms with Crippen molar-refractivity contribution in [1.82, 2.24) is 10.6 Å². The van der Waals surface area contributed by atoms with Crippen LogP contribution < -0.4 is 10.6 Å². The average Bonchev–Trinajstić information content (AvgIpc) is 3.32. The van der Waals surface area contributed by atoms with E-state index in [1.807, 2.05) is 36.4 Å². The lowest BCUT2D eigenvalue weighted by molar-refractivity contribution is -0.123. The quantitative estimate of drug-likeness (QED) is 0.885. The van der Waals surface area contributed by atoms with Crippen LogP contribution in [0.15, 0.2) is 48.5 Å². The Kier molecular flexibility index (Phi) is 4.07. The summed E-state index contributed by atoms with van der Waals surface area (Å²) in [5.41, 5.74) is 3.12. The lowest BCUT2D eigenvalue weighted by Crippen LogP contribution is -2.39. The number of halogens is 1. The van der Waals surface area contributed by atoms with Crippen LogP contribution in [0.25, 0.3) is 0 Å². The van der Waals surface area contributed by atoms with Crippen LogP contribution in [0.4, 0.5) is 4.39 Å². The molecule has 1 amide bonds. The van der Waals surface area contributed by atoms with Crippen molar-refractivity contribution < 1.29 is 9.18 Å². The van der Waals surface area contributed by atoms with Crippen LogP contribution in [-0.2, 0) is 11.2 Å². The van der Waals surface area contributed by atoms with E-state index in [-0.39, 0.29) is 23.8 Å². The van der Waals surface area contributed by atoms with Crippen molar-refractivity contribution in [2.75, 3.05) is 0 Å².